The lowest BCUT2D eigenvalue weighted by atomic mass is 10.1. The van der Waals surface area contributed by atoms with Crippen LogP contribution in [0.3, 0.4) is 0 Å². The van der Waals surface area contributed by atoms with Crippen LogP contribution in [0.2, 0.25) is 0 Å². The molecule has 20 heavy (non-hydrogen) atoms. The minimum Gasteiger partial charge on any atom is -0.391 e. The van der Waals surface area contributed by atoms with Gasteiger partial charge >= 0.3 is 0 Å². The number of aromatic amines is 1. The zero-order chi connectivity index (χ0) is 14.4. The maximum Gasteiger partial charge on any atom is 0.278 e. The minimum atomic E-state index is -1.26. The molecule has 0 bridgehead atoms. The Kier molecular flexibility index (Phi) is 3.05. The highest BCUT2D eigenvalue weighted by atomic mass is 16.6. The Morgan fingerprint density at radius 2 is 2.15 bits per heavy atom. The molecule has 0 spiro atoms. The van der Waals surface area contributed by atoms with Crippen molar-refractivity contribution in [3.8, 4) is 0 Å². The van der Waals surface area contributed by atoms with Gasteiger partial charge < -0.3 is 25.0 Å². The largest absolute Gasteiger partial charge is 0.391 e. The van der Waals surface area contributed by atoms with E-state index < -0.39 is 36.2 Å². The van der Waals surface area contributed by atoms with E-state index in [9.17, 15) is 20.1 Å². The normalized spacial score (nSPS) is 31.8. The van der Waals surface area contributed by atoms with Crippen molar-refractivity contribution in [1.82, 2.24) is 19.5 Å². The lowest BCUT2D eigenvalue weighted by Crippen LogP contribution is -2.37. The summed E-state index contributed by atoms with van der Waals surface area (Å²) < 4.78 is 6.82. The van der Waals surface area contributed by atoms with E-state index in [1.165, 1.54) is 24.1 Å². The molecule has 0 unspecified atom stereocenters. The van der Waals surface area contributed by atoms with Gasteiger partial charge in [-0.2, -0.15) is 0 Å². The van der Waals surface area contributed by atoms with Gasteiger partial charge in [0, 0.05) is 0 Å². The van der Waals surface area contributed by atoms with Crippen LogP contribution in [-0.2, 0) is 4.74 Å². The number of nitrogens with one attached hydrogen (secondary N) is 1. The number of fused-ring (bicyclic) bond motifs is 1. The van der Waals surface area contributed by atoms with Crippen molar-refractivity contribution in [1.29, 1.82) is 0 Å². The van der Waals surface area contributed by atoms with Gasteiger partial charge in [0.25, 0.3) is 5.56 Å². The number of H-pyrrole nitrogens is 1. The Bertz CT molecular complexity index is 681. The van der Waals surface area contributed by atoms with Gasteiger partial charge in [0.2, 0.25) is 0 Å². The number of hydrogen-bond acceptors (Lipinski definition) is 7. The fraction of sp³-hybridized carbons (Fsp3) is 0.545. The predicted octanol–water partition coefficient (Wildman–Crippen LogP) is -1.88. The topological polar surface area (TPSA) is 133 Å². The van der Waals surface area contributed by atoms with E-state index in [0.717, 1.165) is 0 Å². The van der Waals surface area contributed by atoms with Crippen molar-refractivity contribution < 1.29 is 20.1 Å². The average molecular weight is 282 g/mol. The average Bonchev–Trinajstić information content (AvgIpc) is 2.94. The summed E-state index contributed by atoms with van der Waals surface area (Å²) in [4.78, 5) is 21.9. The molecule has 9 nitrogen and oxygen atoms in total. The van der Waals surface area contributed by atoms with E-state index in [0.29, 0.717) is 0 Å². The minimum absolute atomic E-state index is 0.110. The van der Waals surface area contributed by atoms with E-state index in [-0.39, 0.29) is 11.2 Å². The molecule has 2 aromatic heterocycles. The van der Waals surface area contributed by atoms with Crippen LogP contribution in [0.5, 0.6) is 0 Å². The number of aromatic nitrogens is 4. The van der Waals surface area contributed by atoms with Gasteiger partial charge in [0.05, 0.1) is 18.8 Å². The van der Waals surface area contributed by atoms with Crippen LogP contribution in [0.25, 0.3) is 11.2 Å². The van der Waals surface area contributed by atoms with E-state index in [4.69, 9.17) is 4.74 Å². The summed E-state index contributed by atoms with van der Waals surface area (Å²) in [5, 5.41) is 29.4. The van der Waals surface area contributed by atoms with Crippen molar-refractivity contribution in [2.75, 3.05) is 0 Å². The molecule has 5 atom stereocenters. The SMILES string of the molecule is C[C@H](O)[C@@H]1O[C@@H](n2cnc3c(=O)[nH]cnc32)[C@@H](O)[C@H]1O. The molecular weight excluding hydrogens is 268 g/mol. The van der Waals surface area contributed by atoms with Gasteiger partial charge in [-0.3, -0.25) is 9.36 Å². The van der Waals surface area contributed by atoms with Crippen LogP contribution in [0, 0.1) is 0 Å². The first-order chi connectivity index (χ1) is 9.50. The number of hydrogen-bond donors (Lipinski definition) is 4. The highest BCUT2D eigenvalue weighted by Gasteiger charge is 2.46. The molecule has 2 aromatic rings. The van der Waals surface area contributed by atoms with Crippen LogP contribution in [0.4, 0.5) is 0 Å². The summed E-state index contributed by atoms with van der Waals surface area (Å²) in [5.74, 6) is 0. The number of nitrogens with zero attached hydrogens (tertiary/aromatic N) is 3. The second-order valence-corrected chi connectivity index (χ2v) is 4.77. The molecule has 1 fully saturated rings. The Morgan fingerprint density at radius 3 is 2.80 bits per heavy atom. The Morgan fingerprint density at radius 1 is 1.40 bits per heavy atom. The number of aliphatic hydroxyl groups excluding tert-OH is 3. The molecule has 108 valence electrons. The third kappa shape index (κ3) is 1.83. The second-order valence-electron chi connectivity index (χ2n) is 4.77. The van der Waals surface area contributed by atoms with Crippen LogP contribution in [0.15, 0.2) is 17.4 Å². The molecule has 0 saturated carbocycles. The molecule has 0 aromatic carbocycles. The lowest BCUT2D eigenvalue weighted by molar-refractivity contribution is -0.0777. The molecular formula is C11H14N4O5. The van der Waals surface area contributed by atoms with Gasteiger partial charge in [-0.25, -0.2) is 9.97 Å². The lowest BCUT2D eigenvalue weighted by Gasteiger charge is -2.17. The van der Waals surface area contributed by atoms with Crippen LogP contribution in [0.1, 0.15) is 13.2 Å². The summed E-state index contributed by atoms with van der Waals surface area (Å²) in [6.07, 6.45) is -2.81. The van der Waals surface area contributed by atoms with E-state index in [2.05, 4.69) is 15.0 Å². The molecule has 0 amide bonds. The second kappa shape index (κ2) is 4.63. The number of imidazole rings is 1. The fourth-order valence-corrected chi connectivity index (χ4v) is 2.36. The monoisotopic (exact) mass is 282 g/mol. The quantitative estimate of drug-likeness (QED) is 0.506. The molecule has 3 rings (SSSR count). The molecule has 0 aliphatic carbocycles. The summed E-state index contributed by atoms with van der Waals surface area (Å²) >= 11 is 0. The summed E-state index contributed by atoms with van der Waals surface area (Å²) in [5.41, 5.74) is -0.0663. The van der Waals surface area contributed by atoms with Crippen LogP contribution >= 0.6 is 0 Å². The number of aliphatic hydroxyl groups is 3. The highest BCUT2D eigenvalue weighted by Crippen LogP contribution is 2.32. The van der Waals surface area contributed by atoms with Crippen LogP contribution in [-0.4, -0.2) is 59.3 Å². The smallest absolute Gasteiger partial charge is 0.278 e. The van der Waals surface area contributed by atoms with Gasteiger partial charge in [0.1, 0.15) is 18.3 Å². The zero-order valence-corrected chi connectivity index (χ0v) is 10.5. The summed E-state index contributed by atoms with van der Waals surface area (Å²) in [6.45, 7) is 1.46. The standard InChI is InChI=1S/C11H14N4O5/c1-4(16)8-6(17)7(18)11(20-8)15-3-14-5-9(15)12-2-13-10(5)19/h2-4,6-8,11,16-18H,1H3,(H,12,13,19)/t4-,6+,7-,8-,11+/m0/s1. The first-order valence-corrected chi connectivity index (χ1v) is 6.10. The predicted molar refractivity (Wildman–Crippen MR) is 65.8 cm³/mol. The fourth-order valence-electron chi connectivity index (χ4n) is 2.36. The molecule has 1 aliphatic rings. The number of rotatable bonds is 2. The molecule has 1 aliphatic heterocycles. The van der Waals surface area contributed by atoms with E-state index >= 15 is 0 Å². The zero-order valence-electron chi connectivity index (χ0n) is 10.5. The van der Waals surface area contributed by atoms with Crippen molar-refractivity contribution in [3.63, 3.8) is 0 Å². The van der Waals surface area contributed by atoms with Gasteiger partial charge in [-0.05, 0) is 6.92 Å². The Hall–Kier alpha value is -1.81. The van der Waals surface area contributed by atoms with Crippen molar-refractivity contribution in [2.45, 2.75) is 37.6 Å². The van der Waals surface area contributed by atoms with Crippen molar-refractivity contribution in [3.05, 3.63) is 23.0 Å². The summed E-state index contributed by atoms with van der Waals surface area (Å²) in [7, 11) is 0. The third-order valence-electron chi connectivity index (χ3n) is 3.39. The Balaban J connectivity index is 2.04. The highest BCUT2D eigenvalue weighted by molar-refractivity contribution is 5.68. The molecule has 0 radical (unpaired) electrons. The first kappa shape index (κ1) is 13.2. The van der Waals surface area contributed by atoms with Gasteiger partial charge in [0.15, 0.2) is 17.4 Å². The Labute approximate surface area is 112 Å². The van der Waals surface area contributed by atoms with Gasteiger partial charge in [-0.1, -0.05) is 0 Å². The summed E-state index contributed by atoms with van der Waals surface area (Å²) in [6, 6.07) is 0. The molecule has 3 heterocycles. The maximum absolute atomic E-state index is 11.6. The van der Waals surface area contributed by atoms with Crippen molar-refractivity contribution in [2.24, 2.45) is 0 Å². The van der Waals surface area contributed by atoms with E-state index in [1.807, 2.05) is 0 Å². The van der Waals surface area contributed by atoms with Gasteiger partial charge in [-0.15, -0.1) is 0 Å². The molecule has 4 N–H and O–H groups in total. The van der Waals surface area contributed by atoms with E-state index in [1.54, 1.807) is 0 Å². The maximum atomic E-state index is 11.6. The first-order valence-electron chi connectivity index (χ1n) is 6.10. The third-order valence-corrected chi connectivity index (χ3v) is 3.39. The number of ether oxygens (including phenoxy) is 1. The molecule has 9 heteroatoms. The van der Waals surface area contributed by atoms with Crippen LogP contribution < -0.4 is 5.56 Å². The van der Waals surface area contributed by atoms with Crippen molar-refractivity contribution >= 4 is 11.2 Å². The molecule has 1 saturated heterocycles.